The van der Waals surface area contributed by atoms with Crippen LogP contribution in [0, 0.1) is 40.4 Å². The summed E-state index contributed by atoms with van der Waals surface area (Å²) in [7, 11) is 0. The highest BCUT2D eigenvalue weighted by Gasteiger charge is 2.65. The number of rotatable bonds is 7. The number of carboxylic acids is 1. The summed E-state index contributed by atoms with van der Waals surface area (Å²) in [4.78, 5) is 41.3. The van der Waals surface area contributed by atoms with E-state index in [-0.39, 0.29) is 35.0 Å². The average Bonchev–Trinajstić information content (AvgIpc) is 3.19. The molecule has 0 aromatic rings. The number of carboxylic acid groups (broad SMARTS) is 1. The van der Waals surface area contributed by atoms with Crippen molar-refractivity contribution in [3.8, 4) is 0 Å². The lowest BCUT2D eigenvalue weighted by atomic mass is 9.46. The van der Waals surface area contributed by atoms with Crippen LogP contribution in [-0.4, -0.2) is 52.3 Å². The number of nitrogens with zero attached hydrogens (tertiary/aromatic N) is 1. The molecule has 0 aliphatic heterocycles. The smallest absolute Gasteiger partial charge is 0.306 e. The summed E-state index contributed by atoms with van der Waals surface area (Å²) >= 11 is 0. The minimum absolute atomic E-state index is 0.0661. The number of oxime groups is 1. The molecule has 4 saturated carbocycles. The molecule has 6 atom stereocenters. The quantitative estimate of drug-likeness (QED) is 0.402. The summed E-state index contributed by atoms with van der Waals surface area (Å²) in [5.41, 5.74) is 0.952. The molecule has 0 saturated heterocycles. The average molecular weight is 543 g/mol. The summed E-state index contributed by atoms with van der Waals surface area (Å²) in [5.74, 6) is 0.599. The van der Waals surface area contributed by atoms with Gasteiger partial charge in [0, 0.05) is 12.0 Å². The Morgan fingerprint density at radius 1 is 1.00 bits per heavy atom. The monoisotopic (exact) mass is 542 g/mol. The molecule has 5 aliphatic carbocycles. The van der Waals surface area contributed by atoms with Crippen molar-refractivity contribution in [3.05, 3.63) is 11.6 Å². The van der Waals surface area contributed by atoms with Gasteiger partial charge < -0.3 is 20.4 Å². The van der Waals surface area contributed by atoms with Gasteiger partial charge in [-0.1, -0.05) is 24.6 Å². The lowest BCUT2D eigenvalue weighted by Gasteiger charge is -2.59. The fourth-order valence-electron chi connectivity index (χ4n) is 9.33. The molecule has 0 radical (unpaired) electrons. The van der Waals surface area contributed by atoms with Gasteiger partial charge in [-0.25, -0.2) is 0 Å². The van der Waals surface area contributed by atoms with E-state index < -0.39 is 11.6 Å². The number of amides is 1. The summed E-state index contributed by atoms with van der Waals surface area (Å²) in [6.45, 7) is 6.57. The van der Waals surface area contributed by atoms with E-state index in [1.54, 1.807) is 6.92 Å². The number of hydrogen-bond acceptors (Lipinski definition) is 6. The molecule has 0 unspecified atom stereocenters. The number of nitrogens with one attached hydrogen (secondary N) is 1. The Labute approximate surface area is 232 Å². The normalized spacial score (nSPS) is 42.5. The van der Waals surface area contributed by atoms with Crippen LogP contribution in [0.4, 0.5) is 0 Å². The third-order valence-electron chi connectivity index (χ3n) is 11.9. The predicted molar refractivity (Wildman–Crippen MR) is 147 cm³/mol. The van der Waals surface area contributed by atoms with Crippen LogP contribution in [0.25, 0.3) is 0 Å². The van der Waals surface area contributed by atoms with Crippen molar-refractivity contribution < 1.29 is 29.4 Å². The number of Topliss-reactive ketones (excluding diaryl/α,β-unsaturated/α-hetero) is 1. The number of aliphatic hydroxyl groups is 1. The number of hydrogen-bond donors (Lipinski definition) is 3. The first kappa shape index (κ1) is 28.3. The summed E-state index contributed by atoms with van der Waals surface area (Å²) in [5, 5.41) is 27.7. The van der Waals surface area contributed by atoms with Crippen LogP contribution in [0.2, 0.25) is 0 Å². The van der Waals surface area contributed by atoms with Gasteiger partial charge in [-0.3, -0.25) is 14.4 Å². The highest BCUT2D eigenvalue weighted by Crippen LogP contribution is 2.67. The van der Waals surface area contributed by atoms with Crippen LogP contribution in [0.1, 0.15) is 97.8 Å². The molecule has 5 rings (SSSR count). The van der Waals surface area contributed by atoms with Gasteiger partial charge in [0.15, 0.2) is 12.4 Å². The summed E-state index contributed by atoms with van der Waals surface area (Å²) in [6, 6.07) is 0. The van der Waals surface area contributed by atoms with Crippen LogP contribution in [-0.2, 0) is 19.2 Å². The van der Waals surface area contributed by atoms with E-state index in [9.17, 15) is 19.5 Å². The molecule has 8 nitrogen and oxygen atoms in total. The number of ketones is 1. The number of carbonyl (C=O) groups is 3. The maximum absolute atomic E-state index is 12.5. The zero-order chi connectivity index (χ0) is 28.0. The molecule has 8 heteroatoms. The first-order valence-corrected chi connectivity index (χ1v) is 15.1. The van der Waals surface area contributed by atoms with Crippen molar-refractivity contribution >= 4 is 23.4 Å². The molecule has 216 valence electrons. The van der Waals surface area contributed by atoms with E-state index in [4.69, 9.17) is 9.94 Å². The van der Waals surface area contributed by atoms with Gasteiger partial charge in [0.25, 0.3) is 5.91 Å². The second kappa shape index (κ2) is 10.6. The van der Waals surface area contributed by atoms with E-state index >= 15 is 0 Å². The second-order valence-corrected chi connectivity index (χ2v) is 13.6. The van der Waals surface area contributed by atoms with Gasteiger partial charge in [0.05, 0.1) is 11.6 Å². The Morgan fingerprint density at radius 2 is 1.72 bits per heavy atom. The standard InChI is InChI=1S/C31H46N2O6/c1-19(34)31(38)15-12-26-24-9-8-22-16-23(10-13-29(22,2)25(24)11-14-30(26,31)3)33-39-18-27(35)32-17-20-4-6-21(7-5-20)28(36)37/h16,20-21,24-26,38H,4-15,17-18H2,1-3H3,(H,32,35)(H,36,37)/b33-23-/t20?,21?,24-,25-,26+,29-,30-,31-/m0/s1. The number of fused-ring (bicyclic) bond motifs is 5. The first-order valence-electron chi connectivity index (χ1n) is 15.1. The van der Waals surface area contributed by atoms with E-state index in [0.29, 0.717) is 49.5 Å². The number of carbonyl (C=O) groups excluding carboxylic acids is 2. The Morgan fingerprint density at radius 3 is 2.41 bits per heavy atom. The molecule has 0 bridgehead atoms. The van der Waals surface area contributed by atoms with Gasteiger partial charge in [-0.05, 0) is 119 Å². The fraction of sp³-hybridized carbons (Fsp3) is 0.806. The van der Waals surface area contributed by atoms with Crippen molar-refractivity contribution in [1.82, 2.24) is 5.32 Å². The van der Waals surface area contributed by atoms with Crippen LogP contribution < -0.4 is 5.32 Å². The summed E-state index contributed by atoms with van der Waals surface area (Å²) < 4.78 is 0. The maximum Gasteiger partial charge on any atom is 0.306 e. The maximum atomic E-state index is 12.5. The van der Waals surface area contributed by atoms with Crippen molar-refractivity contribution in [3.63, 3.8) is 0 Å². The van der Waals surface area contributed by atoms with Gasteiger partial charge >= 0.3 is 5.97 Å². The Hall–Kier alpha value is -2.22. The van der Waals surface area contributed by atoms with Gasteiger partial charge in [0.2, 0.25) is 0 Å². The van der Waals surface area contributed by atoms with Crippen LogP contribution in [0.15, 0.2) is 16.8 Å². The molecule has 39 heavy (non-hydrogen) atoms. The van der Waals surface area contributed by atoms with Crippen molar-refractivity contribution in [2.24, 2.45) is 45.6 Å². The molecule has 4 fully saturated rings. The minimum Gasteiger partial charge on any atom is -0.481 e. The fourth-order valence-corrected chi connectivity index (χ4v) is 9.33. The van der Waals surface area contributed by atoms with Crippen LogP contribution >= 0.6 is 0 Å². The second-order valence-electron chi connectivity index (χ2n) is 13.6. The Bertz CT molecular complexity index is 1060. The molecule has 0 aromatic heterocycles. The van der Waals surface area contributed by atoms with Crippen molar-refractivity contribution in [2.75, 3.05) is 13.2 Å². The molecule has 0 heterocycles. The molecular formula is C31H46N2O6. The minimum atomic E-state index is -1.17. The Balaban J connectivity index is 1.14. The zero-order valence-corrected chi connectivity index (χ0v) is 23.8. The predicted octanol–water partition coefficient (Wildman–Crippen LogP) is 4.65. The Kier molecular flexibility index (Phi) is 7.72. The van der Waals surface area contributed by atoms with Crippen molar-refractivity contribution in [2.45, 2.75) is 103 Å². The molecule has 0 spiro atoms. The first-order chi connectivity index (χ1) is 18.5. The molecule has 3 N–H and O–H groups in total. The third kappa shape index (κ3) is 4.95. The molecule has 5 aliphatic rings. The SMILES string of the molecule is CC(=O)[C@@]1(O)CC[C@@H]2[C@H]3CCC4=C/C(=N\OCC(=O)NCC5CCC(C(=O)O)CC5)CC[C@]4(C)[C@H]3CC[C@@]21C. The summed E-state index contributed by atoms with van der Waals surface area (Å²) in [6.07, 6.45) is 12.6. The zero-order valence-electron chi connectivity index (χ0n) is 23.8. The largest absolute Gasteiger partial charge is 0.481 e. The van der Waals surface area contributed by atoms with E-state index in [1.807, 2.05) is 0 Å². The highest BCUT2D eigenvalue weighted by molar-refractivity contribution is 5.96. The van der Waals surface area contributed by atoms with E-state index in [0.717, 1.165) is 63.5 Å². The van der Waals surface area contributed by atoms with Gasteiger partial charge in [0.1, 0.15) is 5.60 Å². The highest BCUT2D eigenvalue weighted by atomic mass is 16.6. The third-order valence-corrected chi connectivity index (χ3v) is 11.9. The van der Waals surface area contributed by atoms with Crippen LogP contribution in [0.3, 0.4) is 0 Å². The van der Waals surface area contributed by atoms with Gasteiger partial charge in [-0.15, -0.1) is 0 Å². The van der Waals surface area contributed by atoms with Crippen LogP contribution in [0.5, 0.6) is 0 Å². The van der Waals surface area contributed by atoms with E-state index in [2.05, 4.69) is 30.4 Å². The number of aliphatic carboxylic acids is 1. The molecular weight excluding hydrogens is 496 g/mol. The topological polar surface area (TPSA) is 125 Å². The van der Waals surface area contributed by atoms with Crippen molar-refractivity contribution in [1.29, 1.82) is 0 Å². The van der Waals surface area contributed by atoms with E-state index in [1.165, 1.54) is 5.57 Å². The lowest BCUT2D eigenvalue weighted by molar-refractivity contribution is -0.159. The van der Waals surface area contributed by atoms with Gasteiger partial charge in [-0.2, -0.15) is 0 Å². The molecule has 0 aromatic carbocycles. The number of allylic oxidation sites excluding steroid dienone is 2. The molecule has 1 amide bonds. The lowest BCUT2D eigenvalue weighted by Crippen LogP contribution is -2.57.